The fourth-order valence-electron chi connectivity index (χ4n) is 6.95. The number of fused-ring (bicyclic) bond motifs is 6. The van der Waals surface area contributed by atoms with E-state index in [4.69, 9.17) is 4.98 Å². The zero-order valence-electron chi connectivity index (χ0n) is 21.9. The molecule has 4 heteroatoms. The molecule has 0 radical (unpaired) electrons. The molecular formula is C34H33N3O. The third-order valence-corrected chi connectivity index (χ3v) is 8.98. The van der Waals surface area contributed by atoms with Crippen LogP contribution < -0.4 is 5.32 Å². The number of hydrogen-bond acceptors (Lipinski definition) is 4. The minimum absolute atomic E-state index is 0.212. The summed E-state index contributed by atoms with van der Waals surface area (Å²) in [4.78, 5) is 20.5. The van der Waals surface area contributed by atoms with E-state index in [0.29, 0.717) is 0 Å². The van der Waals surface area contributed by atoms with Gasteiger partial charge in [0.2, 0.25) is 0 Å². The number of rotatable bonds is 4. The molecule has 0 spiro atoms. The number of carbonyl (C=O) groups is 1. The predicted molar refractivity (Wildman–Crippen MR) is 156 cm³/mol. The quantitative estimate of drug-likeness (QED) is 0.232. The number of carbonyl (C=O) groups excluding carboxylic acids is 1. The summed E-state index contributed by atoms with van der Waals surface area (Å²) in [5.41, 5.74) is 5.16. The number of benzene rings is 4. The molecule has 190 valence electrons. The molecule has 0 saturated carbocycles. The van der Waals surface area contributed by atoms with Crippen molar-refractivity contribution in [2.75, 3.05) is 26.2 Å². The number of aryl methyl sites for hydroxylation is 1. The fourth-order valence-corrected chi connectivity index (χ4v) is 6.95. The van der Waals surface area contributed by atoms with E-state index in [1.165, 1.54) is 38.2 Å². The topological polar surface area (TPSA) is 45.2 Å². The van der Waals surface area contributed by atoms with Crippen molar-refractivity contribution in [1.82, 2.24) is 15.2 Å². The average molecular weight is 500 g/mol. The molecule has 2 unspecified atom stereocenters. The number of nitrogens with zero attached hydrogens (tertiary/aromatic N) is 2. The van der Waals surface area contributed by atoms with Crippen LogP contribution in [0.15, 0.2) is 78.9 Å². The summed E-state index contributed by atoms with van der Waals surface area (Å²) in [6.45, 7) is 5.52. The van der Waals surface area contributed by atoms with Crippen LogP contribution in [0.25, 0.3) is 32.4 Å². The Hall–Kier alpha value is -3.60. The Bertz CT molecular complexity index is 1690. The maximum atomic E-state index is 12.9. The molecule has 1 aromatic heterocycles. The SMILES string of the molecule is CC(C=O)(c1nc2ccccc2cc1C1CCCc2c1ccc1c2ccc2ccccc21)N1CCNCC1. The Morgan fingerprint density at radius 2 is 1.63 bits per heavy atom. The van der Waals surface area contributed by atoms with E-state index in [2.05, 4.69) is 89.9 Å². The summed E-state index contributed by atoms with van der Waals surface area (Å²) in [6, 6.07) is 28.6. The van der Waals surface area contributed by atoms with Crippen molar-refractivity contribution in [2.45, 2.75) is 37.6 Å². The van der Waals surface area contributed by atoms with Gasteiger partial charge in [0.05, 0.1) is 11.2 Å². The van der Waals surface area contributed by atoms with Crippen LogP contribution in [-0.4, -0.2) is 42.3 Å². The first-order chi connectivity index (χ1) is 18.7. The molecule has 2 atom stereocenters. The zero-order chi connectivity index (χ0) is 25.7. The molecule has 0 amide bonds. The summed E-state index contributed by atoms with van der Waals surface area (Å²) in [5.74, 6) is 0.212. The van der Waals surface area contributed by atoms with Gasteiger partial charge in [-0.2, -0.15) is 0 Å². The van der Waals surface area contributed by atoms with Crippen molar-refractivity contribution in [2.24, 2.45) is 0 Å². The lowest BCUT2D eigenvalue weighted by molar-refractivity contribution is -0.119. The lowest BCUT2D eigenvalue weighted by atomic mass is 9.74. The number of para-hydroxylation sites is 1. The van der Waals surface area contributed by atoms with E-state index < -0.39 is 5.54 Å². The van der Waals surface area contributed by atoms with Gasteiger partial charge in [0.1, 0.15) is 11.8 Å². The highest BCUT2D eigenvalue weighted by Gasteiger charge is 2.40. The first-order valence-corrected chi connectivity index (χ1v) is 13.9. The zero-order valence-corrected chi connectivity index (χ0v) is 21.9. The van der Waals surface area contributed by atoms with Crippen LogP contribution in [0, 0.1) is 0 Å². The Morgan fingerprint density at radius 3 is 2.47 bits per heavy atom. The van der Waals surface area contributed by atoms with Crippen LogP contribution in [0.1, 0.15) is 48.1 Å². The Balaban J connectivity index is 1.45. The second-order valence-electron chi connectivity index (χ2n) is 11.1. The first kappa shape index (κ1) is 23.5. The normalized spacial score (nSPS) is 19.9. The second-order valence-corrected chi connectivity index (χ2v) is 11.1. The van der Waals surface area contributed by atoms with Gasteiger partial charge in [-0.15, -0.1) is 0 Å². The molecule has 4 aromatic carbocycles. The van der Waals surface area contributed by atoms with Crippen LogP contribution in [0.2, 0.25) is 0 Å². The van der Waals surface area contributed by atoms with Gasteiger partial charge in [-0.3, -0.25) is 9.88 Å². The minimum atomic E-state index is -0.772. The summed E-state index contributed by atoms with van der Waals surface area (Å²) in [6.07, 6.45) is 4.41. The number of aromatic nitrogens is 1. The van der Waals surface area contributed by atoms with Crippen molar-refractivity contribution >= 4 is 38.7 Å². The van der Waals surface area contributed by atoms with Gasteiger partial charge in [-0.05, 0) is 76.6 Å². The number of hydrogen-bond donors (Lipinski definition) is 1. The lowest BCUT2D eigenvalue weighted by Gasteiger charge is -2.41. The van der Waals surface area contributed by atoms with Crippen molar-refractivity contribution < 1.29 is 4.79 Å². The number of piperazine rings is 1. The highest BCUT2D eigenvalue weighted by Crippen LogP contribution is 2.44. The molecule has 7 rings (SSSR count). The largest absolute Gasteiger partial charge is 0.314 e. The van der Waals surface area contributed by atoms with E-state index in [9.17, 15) is 4.79 Å². The molecule has 1 saturated heterocycles. The molecule has 5 aromatic rings. The van der Waals surface area contributed by atoms with E-state index in [1.807, 2.05) is 6.07 Å². The summed E-state index contributed by atoms with van der Waals surface area (Å²) >= 11 is 0. The predicted octanol–water partition coefficient (Wildman–Crippen LogP) is 6.33. The molecule has 0 bridgehead atoms. The second kappa shape index (κ2) is 9.30. The van der Waals surface area contributed by atoms with Gasteiger partial charge in [0, 0.05) is 37.5 Å². The molecule has 1 aliphatic heterocycles. The Morgan fingerprint density at radius 1 is 0.868 bits per heavy atom. The molecule has 1 aliphatic carbocycles. The van der Waals surface area contributed by atoms with Gasteiger partial charge in [-0.1, -0.05) is 66.7 Å². The van der Waals surface area contributed by atoms with Crippen LogP contribution in [0.5, 0.6) is 0 Å². The van der Waals surface area contributed by atoms with Gasteiger partial charge in [0.15, 0.2) is 0 Å². The van der Waals surface area contributed by atoms with E-state index in [1.54, 1.807) is 0 Å². The summed E-state index contributed by atoms with van der Waals surface area (Å²) in [7, 11) is 0. The molecule has 38 heavy (non-hydrogen) atoms. The number of nitrogens with one attached hydrogen (secondary N) is 1. The van der Waals surface area contributed by atoms with Crippen LogP contribution >= 0.6 is 0 Å². The number of aldehydes is 1. The smallest absolute Gasteiger partial charge is 0.146 e. The first-order valence-electron chi connectivity index (χ1n) is 13.9. The Kier molecular flexibility index (Phi) is 5.75. The monoisotopic (exact) mass is 499 g/mol. The molecule has 4 nitrogen and oxygen atoms in total. The number of pyridine rings is 1. The van der Waals surface area contributed by atoms with Gasteiger partial charge < -0.3 is 10.1 Å². The maximum Gasteiger partial charge on any atom is 0.146 e. The third kappa shape index (κ3) is 3.66. The summed E-state index contributed by atoms with van der Waals surface area (Å²) < 4.78 is 0. The highest BCUT2D eigenvalue weighted by molar-refractivity contribution is 6.08. The van der Waals surface area contributed by atoms with Crippen molar-refractivity contribution in [3.63, 3.8) is 0 Å². The van der Waals surface area contributed by atoms with Gasteiger partial charge in [-0.25, -0.2) is 0 Å². The molecule has 1 N–H and O–H groups in total. The van der Waals surface area contributed by atoms with Crippen molar-refractivity contribution in [1.29, 1.82) is 0 Å². The third-order valence-electron chi connectivity index (χ3n) is 8.98. The molecule has 2 heterocycles. The Labute approximate surface area is 223 Å². The van der Waals surface area contributed by atoms with Crippen LogP contribution in [0.4, 0.5) is 0 Å². The maximum absolute atomic E-state index is 12.9. The van der Waals surface area contributed by atoms with Gasteiger partial charge in [0.25, 0.3) is 0 Å². The van der Waals surface area contributed by atoms with Crippen molar-refractivity contribution in [3.05, 3.63) is 101 Å². The van der Waals surface area contributed by atoms with Crippen molar-refractivity contribution in [3.8, 4) is 0 Å². The lowest BCUT2D eigenvalue weighted by Crippen LogP contribution is -2.54. The standard InChI is InChI=1S/C34H33N3O/c1-34(22-38,37-19-17-35-18-20-37)33-31(21-24-8-3-5-12-32(24)36-33)27-11-6-10-26-29-14-13-23-7-2-4-9-25(23)28(29)15-16-30(26)27/h2-5,7-9,12-16,21-22,27,35H,6,10-11,17-20H2,1H3. The van der Waals surface area contributed by atoms with E-state index in [-0.39, 0.29) is 5.92 Å². The summed E-state index contributed by atoms with van der Waals surface area (Å²) in [5, 5.41) is 9.86. The van der Waals surface area contributed by atoms with E-state index >= 15 is 0 Å². The van der Waals surface area contributed by atoms with Crippen LogP contribution in [0.3, 0.4) is 0 Å². The van der Waals surface area contributed by atoms with Crippen LogP contribution in [-0.2, 0) is 16.8 Å². The fraction of sp³-hybridized carbons (Fsp3) is 0.294. The molecule has 1 fully saturated rings. The minimum Gasteiger partial charge on any atom is -0.314 e. The van der Waals surface area contributed by atoms with E-state index in [0.717, 1.165) is 68.3 Å². The molecule has 2 aliphatic rings. The highest BCUT2D eigenvalue weighted by atomic mass is 16.1. The van der Waals surface area contributed by atoms with Gasteiger partial charge >= 0.3 is 0 Å². The average Bonchev–Trinajstić information content (AvgIpc) is 2.99. The molecular weight excluding hydrogens is 466 g/mol.